The summed E-state index contributed by atoms with van der Waals surface area (Å²) in [6, 6.07) is 4.75. The Morgan fingerprint density at radius 1 is 1.50 bits per heavy atom. The average molecular weight is 251 g/mol. The number of ether oxygens (including phenoxy) is 1. The zero-order valence-corrected chi connectivity index (χ0v) is 10.3. The fourth-order valence-electron chi connectivity index (χ4n) is 1.91. The summed E-state index contributed by atoms with van der Waals surface area (Å²) in [5.74, 6) is 0.197. The molecule has 0 spiro atoms. The summed E-state index contributed by atoms with van der Waals surface area (Å²) in [7, 11) is 1.51. The van der Waals surface area contributed by atoms with Gasteiger partial charge in [-0.3, -0.25) is 4.79 Å². The van der Waals surface area contributed by atoms with Crippen LogP contribution in [0, 0.1) is 0 Å². The number of carbonyl (C=O) groups excluding carboxylic acids is 1. The van der Waals surface area contributed by atoms with Crippen molar-refractivity contribution in [3.05, 3.63) is 23.8 Å². The number of phenolic OH excluding ortho intramolecular Hbond substituents is 1. The largest absolute Gasteiger partial charge is 0.507 e. The standard InChI is InChI=1S/C13H17NO4/c1-18-10-4-5-12(16)11(8-10)13(17)14(6-7-15)9-2-3-9/h4-5,8-9,15-16H,2-3,6-7H2,1H3. The van der Waals surface area contributed by atoms with Crippen LogP contribution in [0.4, 0.5) is 0 Å². The molecule has 0 radical (unpaired) electrons. The van der Waals surface area contributed by atoms with Crippen molar-refractivity contribution in [3.63, 3.8) is 0 Å². The van der Waals surface area contributed by atoms with Gasteiger partial charge in [0.25, 0.3) is 5.91 Å². The highest BCUT2D eigenvalue weighted by molar-refractivity contribution is 5.97. The van der Waals surface area contributed by atoms with Gasteiger partial charge in [0, 0.05) is 12.6 Å². The lowest BCUT2D eigenvalue weighted by Crippen LogP contribution is -2.35. The molecule has 0 bridgehead atoms. The van der Waals surface area contributed by atoms with Crippen molar-refractivity contribution < 1.29 is 19.7 Å². The van der Waals surface area contributed by atoms with Gasteiger partial charge in [-0.2, -0.15) is 0 Å². The van der Waals surface area contributed by atoms with Gasteiger partial charge in [0.05, 0.1) is 19.3 Å². The quantitative estimate of drug-likeness (QED) is 0.819. The third-order valence-electron chi connectivity index (χ3n) is 3.02. The van der Waals surface area contributed by atoms with E-state index in [1.165, 1.54) is 19.2 Å². The molecule has 1 fully saturated rings. The lowest BCUT2D eigenvalue weighted by atomic mass is 10.1. The Morgan fingerprint density at radius 3 is 2.78 bits per heavy atom. The third-order valence-corrected chi connectivity index (χ3v) is 3.02. The van der Waals surface area contributed by atoms with Crippen LogP contribution in [0.3, 0.4) is 0 Å². The minimum Gasteiger partial charge on any atom is -0.507 e. The molecule has 0 saturated heterocycles. The van der Waals surface area contributed by atoms with Crippen molar-refractivity contribution in [3.8, 4) is 11.5 Å². The van der Waals surface area contributed by atoms with Gasteiger partial charge in [0.1, 0.15) is 11.5 Å². The average Bonchev–Trinajstić information content (AvgIpc) is 3.20. The minimum atomic E-state index is -0.261. The third kappa shape index (κ3) is 2.56. The first-order valence-electron chi connectivity index (χ1n) is 5.96. The Balaban J connectivity index is 2.25. The Kier molecular flexibility index (Phi) is 3.72. The second-order valence-corrected chi connectivity index (χ2v) is 4.34. The van der Waals surface area contributed by atoms with Crippen LogP contribution in [0.5, 0.6) is 11.5 Å². The first-order chi connectivity index (χ1) is 8.67. The monoisotopic (exact) mass is 251 g/mol. The number of carbonyl (C=O) groups is 1. The second-order valence-electron chi connectivity index (χ2n) is 4.34. The summed E-state index contributed by atoms with van der Waals surface area (Å²) >= 11 is 0. The summed E-state index contributed by atoms with van der Waals surface area (Å²) in [6.07, 6.45) is 1.91. The molecular formula is C13H17NO4. The van der Waals surface area contributed by atoms with Gasteiger partial charge in [0.2, 0.25) is 0 Å². The smallest absolute Gasteiger partial charge is 0.258 e. The predicted molar refractivity (Wildman–Crippen MR) is 65.8 cm³/mol. The molecule has 1 aliphatic carbocycles. The number of amides is 1. The molecule has 1 amide bonds. The van der Waals surface area contributed by atoms with Crippen LogP contribution in [0.1, 0.15) is 23.2 Å². The highest BCUT2D eigenvalue weighted by Crippen LogP contribution is 2.31. The fraction of sp³-hybridized carbons (Fsp3) is 0.462. The highest BCUT2D eigenvalue weighted by Gasteiger charge is 2.33. The number of methoxy groups -OCH3 is 1. The Morgan fingerprint density at radius 2 is 2.22 bits per heavy atom. The van der Waals surface area contributed by atoms with Gasteiger partial charge in [-0.15, -0.1) is 0 Å². The molecule has 0 aromatic heterocycles. The number of benzene rings is 1. The molecule has 1 aliphatic rings. The number of aliphatic hydroxyl groups is 1. The highest BCUT2D eigenvalue weighted by atomic mass is 16.5. The van der Waals surface area contributed by atoms with E-state index < -0.39 is 0 Å². The van der Waals surface area contributed by atoms with E-state index in [-0.39, 0.29) is 29.9 Å². The molecular weight excluding hydrogens is 234 g/mol. The molecule has 5 nitrogen and oxygen atoms in total. The number of phenols is 1. The zero-order chi connectivity index (χ0) is 13.1. The van der Waals surface area contributed by atoms with Gasteiger partial charge in [0.15, 0.2) is 0 Å². The van der Waals surface area contributed by atoms with Crippen LogP contribution >= 0.6 is 0 Å². The lowest BCUT2D eigenvalue weighted by Gasteiger charge is -2.22. The number of rotatable bonds is 5. The zero-order valence-electron chi connectivity index (χ0n) is 10.3. The van der Waals surface area contributed by atoms with Crippen molar-refractivity contribution in [2.24, 2.45) is 0 Å². The topological polar surface area (TPSA) is 70.0 Å². The summed E-state index contributed by atoms with van der Waals surface area (Å²) < 4.78 is 5.04. The molecule has 0 unspecified atom stereocenters. The van der Waals surface area contributed by atoms with E-state index in [1.54, 1.807) is 11.0 Å². The van der Waals surface area contributed by atoms with Crippen molar-refractivity contribution in [2.45, 2.75) is 18.9 Å². The van der Waals surface area contributed by atoms with Gasteiger partial charge >= 0.3 is 0 Å². The van der Waals surface area contributed by atoms with Crippen LogP contribution in [-0.2, 0) is 0 Å². The molecule has 18 heavy (non-hydrogen) atoms. The van der Waals surface area contributed by atoms with Crippen molar-refractivity contribution in [1.29, 1.82) is 0 Å². The molecule has 1 saturated carbocycles. The van der Waals surface area contributed by atoms with E-state index in [0.717, 1.165) is 12.8 Å². The molecule has 1 aromatic carbocycles. The van der Waals surface area contributed by atoms with E-state index in [4.69, 9.17) is 9.84 Å². The second kappa shape index (κ2) is 5.27. The van der Waals surface area contributed by atoms with E-state index >= 15 is 0 Å². The maximum atomic E-state index is 12.3. The number of aromatic hydroxyl groups is 1. The summed E-state index contributed by atoms with van der Waals surface area (Å²) in [4.78, 5) is 13.9. The molecule has 1 aromatic rings. The maximum absolute atomic E-state index is 12.3. The fourth-order valence-corrected chi connectivity index (χ4v) is 1.91. The van der Waals surface area contributed by atoms with Crippen LogP contribution < -0.4 is 4.74 Å². The molecule has 0 aliphatic heterocycles. The molecule has 98 valence electrons. The SMILES string of the molecule is COc1ccc(O)c(C(=O)N(CCO)C2CC2)c1. The van der Waals surface area contributed by atoms with E-state index in [0.29, 0.717) is 12.3 Å². The van der Waals surface area contributed by atoms with Crippen LogP contribution in [0.25, 0.3) is 0 Å². The molecule has 2 rings (SSSR count). The van der Waals surface area contributed by atoms with Crippen LogP contribution in [0.15, 0.2) is 18.2 Å². The summed E-state index contributed by atoms with van der Waals surface area (Å²) in [5, 5.41) is 18.8. The summed E-state index contributed by atoms with van der Waals surface area (Å²) in [6.45, 7) is 0.215. The molecule has 0 atom stereocenters. The van der Waals surface area contributed by atoms with E-state index in [9.17, 15) is 9.90 Å². The predicted octanol–water partition coefficient (Wildman–Crippen LogP) is 0.998. The van der Waals surface area contributed by atoms with E-state index in [2.05, 4.69) is 0 Å². The lowest BCUT2D eigenvalue weighted by molar-refractivity contribution is 0.0704. The molecule has 0 heterocycles. The normalized spacial score (nSPS) is 14.3. The van der Waals surface area contributed by atoms with Crippen molar-refractivity contribution in [2.75, 3.05) is 20.3 Å². The van der Waals surface area contributed by atoms with Gasteiger partial charge in [-0.25, -0.2) is 0 Å². The number of nitrogens with zero attached hydrogens (tertiary/aromatic N) is 1. The summed E-state index contributed by atoms with van der Waals surface area (Å²) in [5.41, 5.74) is 0.217. The van der Waals surface area contributed by atoms with Crippen LogP contribution in [-0.4, -0.2) is 47.3 Å². The maximum Gasteiger partial charge on any atom is 0.258 e. The van der Waals surface area contributed by atoms with Gasteiger partial charge in [-0.05, 0) is 31.0 Å². The molecule has 5 heteroatoms. The number of hydrogen-bond donors (Lipinski definition) is 2. The first-order valence-corrected chi connectivity index (χ1v) is 5.96. The van der Waals surface area contributed by atoms with Gasteiger partial charge < -0.3 is 19.8 Å². The number of hydrogen-bond acceptors (Lipinski definition) is 4. The molecule has 2 N–H and O–H groups in total. The van der Waals surface area contributed by atoms with E-state index in [1.807, 2.05) is 0 Å². The van der Waals surface area contributed by atoms with Crippen molar-refractivity contribution in [1.82, 2.24) is 4.90 Å². The first kappa shape index (κ1) is 12.7. The van der Waals surface area contributed by atoms with Gasteiger partial charge in [-0.1, -0.05) is 0 Å². The Bertz CT molecular complexity index is 443. The number of aliphatic hydroxyl groups excluding tert-OH is 1. The Hall–Kier alpha value is -1.75. The minimum absolute atomic E-state index is 0.0654. The van der Waals surface area contributed by atoms with Crippen LogP contribution in [0.2, 0.25) is 0 Å². The Labute approximate surface area is 106 Å². The van der Waals surface area contributed by atoms with Crippen molar-refractivity contribution >= 4 is 5.91 Å².